The highest BCUT2D eigenvalue weighted by Gasteiger charge is 2.05. The third-order valence-corrected chi connectivity index (χ3v) is 1.86. The average molecular weight is 219 g/mol. The number of rotatable bonds is 5. The van der Waals surface area contributed by atoms with Gasteiger partial charge in [0, 0.05) is 19.3 Å². The molecule has 0 aromatic carbocycles. The third kappa shape index (κ3) is 3.67. The van der Waals surface area contributed by atoms with Gasteiger partial charge in [0.1, 0.15) is 11.8 Å². The van der Waals surface area contributed by atoms with Crippen LogP contribution in [0.25, 0.3) is 0 Å². The molecular weight excluding hydrogens is 206 g/mol. The summed E-state index contributed by atoms with van der Waals surface area (Å²) in [6.45, 7) is 3.46. The SMILES string of the molecule is CCOCCNC(=O)c1ccc(C#N)cn1. The number of nitrogens with zero attached hydrogens (tertiary/aromatic N) is 2. The fraction of sp³-hybridized carbons (Fsp3) is 0.364. The summed E-state index contributed by atoms with van der Waals surface area (Å²) < 4.78 is 5.08. The fourth-order valence-electron chi connectivity index (χ4n) is 1.07. The van der Waals surface area contributed by atoms with Crippen LogP contribution in [0.4, 0.5) is 0 Å². The van der Waals surface area contributed by atoms with E-state index in [4.69, 9.17) is 10.00 Å². The molecule has 16 heavy (non-hydrogen) atoms. The van der Waals surface area contributed by atoms with Crippen LogP contribution in [0.2, 0.25) is 0 Å². The number of aromatic nitrogens is 1. The molecule has 1 aromatic rings. The van der Waals surface area contributed by atoms with Gasteiger partial charge in [0.2, 0.25) is 0 Å². The Morgan fingerprint density at radius 2 is 2.44 bits per heavy atom. The number of ether oxygens (including phenoxy) is 1. The zero-order valence-electron chi connectivity index (χ0n) is 9.06. The van der Waals surface area contributed by atoms with E-state index in [0.717, 1.165) is 0 Å². The van der Waals surface area contributed by atoms with Crippen LogP contribution in [0, 0.1) is 11.3 Å². The zero-order chi connectivity index (χ0) is 11.8. The van der Waals surface area contributed by atoms with Gasteiger partial charge in [-0.25, -0.2) is 4.98 Å². The van der Waals surface area contributed by atoms with Gasteiger partial charge in [-0.1, -0.05) is 0 Å². The minimum Gasteiger partial charge on any atom is -0.380 e. The molecule has 0 unspecified atom stereocenters. The number of carbonyl (C=O) groups excluding carboxylic acids is 1. The van der Waals surface area contributed by atoms with E-state index in [2.05, 4.69) is 10.3 Å². The summed E-state index contributed by atoms with van der Waals surface area (Å²) in [5.41, 5.74) is 0.737. The second-order valence-electron chi connectivity index (χ2n) is 3.00. The van der Waals surface area contributed by atoms with Crippen LogP contribution in [-0.2, 0) is 4.74 Å². The maximum Gasteiger partial charge on any atom is 0.269 e. The molecule has 1 rings (SSSR count). The van der Waals surface area contributed by atoms with E-state index in [1.165, 1.54) is 12.3 Å². The van der Waals surface area contributed by atoms with E-state index in [0.29, 0.717) is 31.0 Å². The number of pyridine rings is 1. The second kappa shape index (κ2) is 6.53. The normalized spacial score (nSPS) is 9.50. The van der Waals surface area contributed by atoms with Crippen molar-refractivity contribution in [2.45, 2.75) is 6.92 Å². The molecule has 5 nitrogen and oxygen atoms in total. The van der Waals surface area contributed by atoms with Crippen LogP contribution >= 0.6 is 0 Å². The van der Waals surface area contributed by atoms with Crippen LogP contribution in [0.5, 0.6) is 0 Å². The van der Waals surface area contributed by atoms with E-state index in [1.54, 1.807) is 6.07 Å². The Morgan fingerprint density at radius 3 is 3.00 bits per heavy atom. The zero-order valence-corrected chi connectivity index (χ0v) is 9.06. The molecule has 0 aliphatic heterocycles. The Morgan fingerprint density at radius 1 is 1.62 bits per heavy atom. The van der Waals surface area contributed by atoms with Gasteiger partial charge in [-0.3, -0.25) is 4.79 Å². The minimum absolute atomic E-state index is 0.260. The Bertz CT molecular complexity index is 381. The first kappa shape index (κ1) is 12.1. The minimum atomic E-state index is -0.260. The van der Waals surface area contributed by atoms with Crippen LogP contribution in [0.1, 0.15) is 23.0 Å². The molecule has 0 fully saturated rings. The first-order valence-electron chi connectivity index (χ1n) is 5.00. The van der Waals surface area contributed by atoms with E-state index in [-0.39, 0.29) is 5.91 Å². The molecule has 0 saturated carbocycles. The lowest BCUT2D eigenvalue weighted by molar-refractivity contribution is 0.0918. The van der Waals surface area contributed by atoms with Gasteiger partial charge in [-0.05, 0) is 19.1 Å². The number of nitrogens with one attached hydrogen (secondary N) is 1. The quantitative estimate of drug-likeness (QED) is 0.740. The lowest BCUT2D eigenvalue weighted by atomic mass is 10.2. The average Bonchev–Trinajstić information content (AvgIpc) is 2.34. The predicted molar refractivity (Wildman–Crippen MR) is 57.8 cm³/mol. The molecule has 0 aliphatic carbocycles. The Labute approximate surface area is 94.1 Å². The van der Waals surface area contributed by atoms with Crippen molar-refractivity contribution >= 4 is 5.91 Å². The monoisotopic (exact) mass is 219 g/mol. The molecule has 0 radical (unpaired) electrons. The van der Waals surface area contributed by atoms with E-state index in [1.807, 2.05) is 13.0 Å². The van der Waals surface area contributed by atoms with Crippen molar-refractivity contribution in [1.82, 2.24) is 10.3 Å². The van der Waals surface area contributed by atoms with Crippen LogP contribution in [0.3, 0.4) is 0 Å². The summed E-state index contributed by atoms with van der Waals surface area (Å²) in [7, 11) is 0. The standard InChI is InChI=1S/C11H13N3O2/c1-2-16-6-5-13-11(15)10-4-3-9(7-12)8-14-10/h3-4,8H,2,5-6H2,1H3,(H,13,15). The van der Waals surface area contributed by atoms with Crippen molar-refractivity contribution < 1.29 is 9.53 Å². The Balaban J connectivity index is 2.44. The molecule has 1 N–H and O–H groups in total. The van der Waals surface area contributed by atoms with Gasteiger partial charge in [0.15, 0.2) is 0 Å². The lowest BCUT2D eigenvalue weighted by Gasteiger charge is -2.04. The lowest BCUT2D eigenvalue weighted by Crippen LogP contribution is -2.27. The number of amides is 1. The summed E-state index contributed by atoms with van der Waals surface area (Å²) in [5.74, 6) is -0.260. The molecule has 1 aromatic heterocycles. The largest absolute Gasteiger partial charge is 0.380 e. The van der Waals surface area contributed by atoms with Crippen molar-refractivity contribution in [1.29, 1.82) is 5.26 Å². The molecule has 0 bridgehead atoms. The van der Waals surface area contributed by atoms with Crippen molar-refractivity contribution in [2.75, 3.05) is 19.8 Å². The van der Waals surface area contributed by atoms with Crippen molar-refractivity contribution in [2.24, 2.45) is 0 Å². The summed E-state index contributed by atoms with van der Waals surface area (Å²) in [6, 6.07) is 5.02. The summed E-state index contributed by atoms with van der Waals surface area (Å²) in [5, 5.41) is 11.2. The summed E-state index contributed by atoms with van der Waals surface area (Å²) in [6.07, 6.45) is 1.37. The van der Waals surface area contributed by atoms with Gasteiger partial charge < -0.3 is 10.1 Å². The highest BCUT2D eigenvalue weighted by atomic mass is 16.5. The number of carbonyl (C=O) groups is 1. The number of hydrogen-bond acceptors (Lipinski definition) is 4. The van der Waals surface area contributed by atoms with Crippen LogP contribution in [-0.4, -0.2) is 30.6 Å². The second-order valence-corrected chi connectivity index (χ2v) is 3.00. The van der Waals surface area contributed by atoms with E-state index >= 15 is 0 Å². The van der Waals surface area contributed by atoms with Crippen molar-refractivity contribution in [3.63, 3.8) is 0 Å². The van der Waals surface area contributed by atoms with Gasteiger partial charge in [-0.15, -0.1) is 0 Å². The summed E-state index contributed by atoms with van der Waals surface area (Å²) in [4.78, 5) is 15.4. The molecule has 0 saturated heterocycles. The smallest absolute Gasteiger partial charge is 0.269 e. The van der Waals surface area contributed by atoms with Gasteiger partial charge in [0.05, 0.1) is 12.2 Å². The summed E-state index contributed by atoms with van der Waals surface area (Å²) >= 11 is 0. The number of nitriles is 1. The molecule has 0 spiro atoms. The molecule has 1 heterocycles. The highest BCUT2D eigenvalue weighted by molar-refractivity contribution is 5.92. The molecular formula is C11H13N3O2. The maximum atomic E-state index is 11.5. The van der Waals surface area contributed by atoms with E-state index in [9.17, 15) is 4.79 Å². The van der Waals surface area contributed by atoms with Crippen LogP contribution in [0.15, 0.2) is 18.3 Å². The number of hydrogen-bond donors (Lipinski definition) is 1. The first-order valence-corrected chi connectivity index (χ1v) is 5.00. The van der Waals surface area contributed by atoms with Crippen LogP contribution < -0.4 is 5.32 Å². The topological polar surface area (TPSA) is 75.0 Å². The Hall–Kier alpha value is -1.93. The molecule has 0 aliphatic rings. The predicted octanol–water partition coefficient (Wildman–Crippen LogP) is 0.720. The van der Waals surface area contributed by atoms with E-state index < -0.39 is 0 Å². The molecule has 0 atom stereocenters. The van der Waals surface area contributed by atoms with Crippen molar-refractivity contribution in [3.05, 3.63) is 29.6 Å². The van der Waals surface area contributed by atoms with Crippen molar-refractivity contribution in [3.8, 4) is 6.07 Å². The van der Waals surface area contributed by atoms with Gasteiger partial charge >= 0.3 is 0 Å². The maximum absolute atomic E-state index is 11.5. The molecule has 84 valence electrons. The third-order valence-electron chi connectivity index (χ3n) is 1.86. The highest BCUT2D eigenvalue weighted by Crippen LogP contribution is 1.98. The molecule has 1 amide bonds. The fourth-order valence-corrected chi connectivity index (χ4v) is 1.07. The van der Waals surface area contributed by atoms with Gasteiger partial charge in [0.25, 0.3) is 5.91 Å². The Kier molecular flexibility index (Phi) is 4.96. The van der Waals surface area contributed by atoms with Gasteiger partial charge in [-0.2, -0.15) is 5.26 Å². The molecule has 5 heteroatoms. The first-order chi connectivity index (χ1) is 7.77.